The molecule has 0 atom stereocenters. The first-order chi connectivity index (χ1) is 8.05. The summed E-state index contributed by atoms with van der Waals surface area (Å²) in [7, 11) is 0. The minimum atomic E-state index is -6.08. The number of rotatable bonds is 2. The van der Waals surface area contributed by atoms with Crippen molar-refractivity contribution in [3.8, 4) is 0 Å². The first-order valence-corrected chi connectivity index (χ1v) is 5.64. The molecule has 0 fully saturated rings. The van der Waals surface area contributed by atoms with Gasteiger partial charge in [-0.25, -0.2) is 4.39 Å². The van der Waals surface area contributed by atoms with E-state index in [9.17, 15) is 30.7 Å². The highest BCUT2D eigenvalue weighted by Crippen LogP contribution is 2.54. The normalized spacial score (nSPS) is 13.8. The maximum Gasteiger partial charge on any atom is 0.435 e. The lowest BCUT2D eigenvalue weighted by Crippen LogP contribution is -2.50. The Balaban J connectivity index is 3.56. The molecule has 0 amide bonds. The van der Waals surface area contributed by atoms with Crippen LogP contribution < -0.4 is 0 Å². The van der Waals surface area contributed by atoms with E-state index in [1.54, 1.807) is 0 Å². The fraction of sp³-hybridized carbons (Fsp3) is 0.400. The Morgan fingerprint density at radius 2 is 1.28 bits per heavy atom. The molecule has 0 spiro atoms. The van der Waals surface area contributed by atoms with Gasteiger partial charge in [0, 0.05) is 10.9 Å². The fourth-order valence-electron chi connectivity index (χ4n) is 1.44. The average molecular weight is 339 g/mol. The molecule has 102 valence electrons. The molecule has 0 bridgehead atoms. The van der Waals surface area contributed by atoms with Crippen LogP contribution in [0.2, 0.25) is 0 Å². The topological polar surface area (TPSA) is 0 Å². The molecule has 0 aliphatic rings. The van der Waals surface area contributed by atoms with Crippen LogP contribution in [0, 0.1) is 0 Å². The fourth-order valence-corrected chi connectivity index (χ4v) is 1.93. The van der Waals surface area contributed by atoms with Gasteiger partial charge in [-0.15, -0.1) is 0 Å². The van der Waals surface area contributed by atoms with Crippen molar-refractivity contribution in [2.75, 3.05) is 0 Å². The van der Waals surface area contributed by atoms with E-state index in [0.717, 1.165) is 12.1 Å². The van der Waals surface area contributed by atoms with Gasteiger partial charge in [-0.05, 0) is 5.56 Å². The van der Waals surface area contributed by atoms with E-state index in [-0.39, 0.29) is 5.33 Å². The van der Waals surface area contributed by atoms with Crippen LogP contribution in [0.3, 0.4) is 0 Å². The van der Waals surface area contributed by atoms with E-state index < -0.39 is 29.1 Å². The van der Waals surface area contributed by atoms with Crippen molar-refractivity contribution in [1.29, 1.82) is 0 Å². The molecule has 0 saturated carbocycles. The van der Waals surface area contributed by atoms with Crippen molar-refractivity contribution >= 4 is 15.9 Å². The SMILES string of the molecule is FC(F)(F)C(F)(c1ccccc1CBr)C(F)(F)F. The number of benzene rings is 1. The van der Waals surface area contributed by atoms with Crippen LogP contribution in [-0.4, -0.2) is 12.4 Å². The molecule has 0 unspecified atom stereocenters. The molecule has 8 heteroatoms. The van der Waals surface area contributed by atoms with Gasteiger partial charge in [0.05, 0.1) is 0 Å². The zero-order chi connectivity index (χ0) is 14.2. The lowest BCUT2D eigenvalue weighted by molar-refractivity contribution is -0.348. The molecule has 1 aromatic rings. The molecule has 18 heavy (non-hydrogen) atoms. The average Bonchev–Trinajstić information content (AvgIpc) is 2.24. The first kappa shape index (κ1) is 15.3. The van der Waals surface area contributed by atoms with E-state index in [1.165, 1.54) is 6.07 Å². The van der Waals surface area contributed by atoms with Crippen LogP contribution in [0.25, 0.3) is 0 Å². The highest BCUT2D eigenvalue weighted by atomic mass is 79.9. The van der Waals surface area contributed by atoms with Gasteiger partial charge in [0.25, 0.3) is 0 Å². The van der Waals surface area contributed by atoms with Gasteiger partial charge in [-0.3, -0.25) is 0 Å². The summed E-state index contributed by atoms with van der Waals surface area (Å²) in [4.78, 5) is 0. The number of halogens is 8. The summed E-state index contributed by atoms with van der Waals surface area (Å²) in [5.74, 6) is 0. The summed E-state index contributed by atoms with van der Waals surface area (Å²) in [5, 5.41) is -0.318. The van der Waals surface area contributed by atoms with Gasteiger partial charge in [0.2, 0.25) is 0 Å². The predicted octanol–water partition coefficient (Wildman–Crippen LogP) is 4.87. The van der Waals surface area contributed by atoms with Crippen molar-refractivity contribution in [1.82, 2.24) is 0 Å². The minimum Gasteiger partial charge on any atom is -0.218 e. The maximum atomic E-state index is 13.7. The number of alkyl halides is 8. The Morgan fingerprint density at radius 3 is 1.67 bits per heavy atom. The van der Waals surface area contributed by atoms with Crippen molar-refractivity contribution in [2.45, 2.75) is 23.4 Å². The summed E-state index contributed by atoms with van der Waals surface area (Å²) < 4.78 is 88.7. The van der Waals surface area contributed by atoms with Gasteiger partial charge in [0.1, 0.15) is 0 Å². The molecular formula is C10H6BrF7. The Bertz CT molecular complexity index is 407. The van der Waals surface area contributed by atoms with Crippen LogP contribution >= 0.6 is 15.9 Å². The van der Waals surface area contributed by atoms with Crippen LogP contribution in [0.15, 0.2) is 24.3 Å². The van der Waals surface area contributed by atoms with Gasteiger partial charge in [0.15, 0.2) is 0 Å². The van der Waals surface area contributed by atoms with E-state index in [0.29, 0.717) is 6.07 Å². The summed E-state index contributed by atoms with van der Waals surface area (Å²) in [6.07, 6.45) is -12.2. The van der Waals surface area contributed by atoms with E-state index in [1.807, 2.05) is 0 Å². The quantitative estimate of drug-likeness (QED) is 0.533. The number of hydrogen-bond acceptors (Lipinski definition) is 0. The summed E-state index contributed by atoms with van der Waals surface area (Å²) in [6.45, 7) is 0. The zero-order valence-corrected chi connectivity index (χ0v) is 10.1. The standard InChI is InChI=1S/C10H6BrF7/c11-5-6-3-1-2-4-7(6)8(12,9(13,14)15)10(16,17)18/h1-4H,5H2. The van der Waals surface area contributed by atoms with Gasteiger partial charge in [-0.2, -0.15) is 26.3 Å². The van der Waals surface area contributed by atoms with Crippen LogP contribution in [0.5, 0.6) is 0 Å². The van der Waals surface area contributed by atoms with Crippen LogP contribution in [0.1, 0.15) is 11.1 Å². The van der Waals surface area contributed by atoms with E-state index in [4.69, 9.17) is 0 Å². The largest absolute Gasteiger partial charge is 0.435 e. The lowest BCUT2D eigenvalue weighted by Gasteiger charge is -2.31. The Labute approximate surface area is 106 Å². The Kier molecular flexibility index (Phi) is 4.00. The molecule has 0 N–H and O–H groups in total. The Hall–Kier alpha value is -0.790. The second-order valence-electron chi connectivity index (χ2n) is 3.44. The second kappa shape index (κ2) is 4.71. The molecule has 0 aromatic heterocycles. The highest BCUT2D eigenvalue weighted by Gasteiger charge is 2.73. The van der Waals surface area contributed by atoms with Crippen LogP contribution in [0.4, 0.5) is 30.7 Å². The van der Waals surface area contributed by atoms with E-state index in [2.05, 4.69) is 15.9 Å². The molecule has 1 aromatic carbocycles. The molecule has 0 saturated heterocycles. The summed E-state index contributed by atoms with van der Waals surface area (Å²) >= 11 is 2.73. The highest BCUT2D eigenvalue weighted by molar-refractivity contribution is 9.08. The first-order valence-electron chi connectivity index (χ1n) is 4.52. The molecule has 0 heterocycles. The monoisotopic (exact) mass is 338 g/mol. The lowest BCUT2D eigenvalue weighted by atomic mass is 9.90. The third-order valence-corrected chi connectivity index (χ3v) is 2.92. The molecule has 0 aliphatic heterocycles. The van der Waals surface area contributed by atoms with Crippen LogP contribution in [-0.2, 0) is 11.0 Å². The van der Waals surface area contributed by atoms with Gasteiger partial charge in [-0.1, -0.05) is 40.2 Å². The molecule has 0 radical (unpaired) electrons. The third-order valence-electron chi connectivity index (χ3n) is 2.31. The third kappa shape index (κ3) is 2.34. The maximum absolute atomic E-state index is 13.7. The summed E-state index contributed by atoms with van der Waals surface area (Å²) in [5.41, 5.74) is -7.22. The van der Waals surface area contributed by atoms with Crippen molar-refractivity contribution < 1.29 is 30.7 Å². The van der Waals surface area contributed by atoms with Crippen molar-refractivity contribution in [3.63, 3.8) is 0 Å². The molecule has 0 nitrogen and oxygen atoms in total. The second-order valence-corrected chi connectivity index (χ2v) is 4.01. The van der Waals surface area contributed by atoms with Crippen molar-refractivity contribution in [3.05, 3.63) is 35.4 Å². The van der Waals surface area contributed by atoms with Gasteiger partial charge >= 0.3 is 18.0 Å². The Morgan fingerprint density at radius 1 is 0.833 bits per heavy atom. The summed E-state index contributed by atoms with van der Waals surface area (Å²) in [6, 6.07) is 3.63. The molecule has 0 aliphatic carbocycles. The molecular weight excluding hydrogens is 333 g/mol. The smallest absolute Gasteiger partial charge is 0.218 e. The predicted molar refractivity (Wildman–Crippen MR) is 54.0 cm³/mol. The molecule has 1 rings (SSSR count). The van der Waals surface area contributed by atoms with E-state index >= 15 is 0 Å². The zero-order valence-electron chi connectivity index (χ0n) is 8.54. The van der Waals surface area contributed by atoms with Crippen molar-refractivity contribution in [2.24, 2.45) is 0 Å². The number of hydrogen-bond donors (Lipinski definition) is 0. The minimum absolute atomic E-state index is 0.318. The van der Waals surface area contributed by atoms with Gasteiger partial charge < -0.3 is 0 Å².